The van der Waals surface area contributed by atoms with E-state index in [1.165, 1.54) is 26.8 Å². The number of rotatable bonds is 18. The van der Waals surface area contributed by atoms with Crippen LogP contribution >= 0.6 is 27.4 Å². The SMILES string of the molecule is C[C@@H]1C[C@H]2[C@@H]3C[C@H](F)C4=CCC=C[C@]4(C)[C@@]3(F)[C@@H](OCOP(=O)(O)OP(=O)(O)OCCNC(=O)COC3C#CCCCCC3)C[C@]2(C)[C@]1(C(=O)SCF)C(C=O)C(=O)O. The highest BCUT2D eigenvalue weighted by Crippen LogP contribution is 2.75. The largest absolute Gasteiger partial charge is 0.483 e. The van der Waals surface area contributed by atoms with Crippen LogP contribution in [0.4, 0.5) is 13.2 Å². The second kappa shape index (κ2) is 18.9. The molecule has 3 saturated carbocycles. The second-order valence-corrected chi connectivity index (χ2v) is 20.1. The van der Waals surface area contributed by atoms with Crippen LogP contribution in [0.1, 0.15) is 78.6 Å². The van der Waals surface area contributed by atoms with Gasteiger partial charge in [0.1, 0.15) is 37.1 Å². The normalized spacial score (nSPS) is 37.6. The van der Waals surface area contributed by atoms with E-state index in [0.29, 0.717) is 12.8 Å². The van der Waals surface area contributed by atoms with Crippen LogP contribution in [-0.2, 0) is 51.1 Å². The van der Waals surface area contributed by atoms with Gasteiger partial charge in [0.15, 0.2) is 17.6 Å². The molecule has 0 radical (unpaired) electrons. The summed E-state index contributed by atoms with van der Waals surface area (Å²) in [4.78, 5) is 72.0. The lowest BCUT2D eigenvalue weighted by Gasteiger charge is -2.64. The molecule has 330 valence electrons. The summed E-state index contributed by atoms with van der Waals surface area (Å²) in [5, 5.41) is 11.7. The molecule has 5 rings (SSSR count). The van der Waals surface area contributed by atoms with E-state index in [9.17, 15) is 47.6 Å². The second-order valence-electron chi connectivity index (χ2n) is 16.1. The van der Waals surface area contributed by atoms with Gasteiger partial charge in [0, 0.05) is 24.3 Å². The molecular formula is C38H52F3NO14P2S. The molecule has 4 N–H and O–H groups in total. The monoisotopic (exact) mass is 897 g/mol. The molecule has 59 heavy (non-hydrogen) atoms. The third-order valence-electron chi connectivity index (χ3n) is 13.1. The lowest BCUT2D eigenvalue weighted by molar-refractivity contribution is -0.241. The first-order chi connectivity index (χ1) is 27.7. The van der Waals surface area contributed by atoms with Gasteiger partial charge in [0.2, 0.25) is 5.91 Å². The molecule has 4 unspecified atom stereocenters. The van der Waals surface area contributed by atoms with E-state index in [4.69, 9.17) is 18.5 Å². The van der Waals surface area contributed by atoms with E-state index < -0.39 is 129 Å². The van der Waals surface area contributed by atoms with Crippen molar-refractivity contribution in [3.8, 4) is 11.8 Å². The molecule has 0 aromatic carbocycles. The molecule has 1 amide bonds. The van der Waals surface area contributed by atoms with Crippen LogP contribution in [0.25, 0.3) is 0 Å². The van der Waals surface area contributed by atoms with Crippen LogP contribution in [0.15, 0.2) is 23.8 Å². The summed E-state index contributed by atoms with van der Waals surface area (Å²) >= 11 is 0.177. The number of phosphoric ester groups is 2. The number of nitrogens with one attached hydrogen (secondary N) is 1. The molecule has 3 fully saturated rings. The number of carbonyl (C=O) groups excluding carboxylic acids is 3. The average Bonchev–Trinajstić information content (AvgIpc) is 3.37. The molecule has 21 heteroatoms. The van der Waals surface area contributed by atoms with Gasteiger partial charge in [-0.15, -0.1) is 5.92 Å². The number of halogens is 3. The highest BCUT2D eigenvalue weighted by atomic mass is 32.2. The highest BCUT2D eigenvalue weighted by molar-refractivity contribution is 8.13. The summed E-state index contributed by atoms with van der Waals surface area (Å²) in [6.07, 6.45) is 4.64. The quantitative estimate of drug-likeness (QED) is 0.0231. The minimum absolute atomic E-state index is 0.0175. The fourth-order valence-electron chi connectivity index (χ4n) is 10.7. The van der Waals surface area contributed by atoms with E-state index >= 15 is 8.78 Å². The van der Waals surface area contributed by atoms with E-state index in [1.807, 2.05) is 0 Å². The fraction of sp³-hybridized carbons (Fsp3) is 0.737. The van der Waals surface area contributed by atoms with Crippen LogP contribution in [0.2, 0.25) is 0 Å². The van der Waals surface area contributed by atoms with Crippen LogP contribution in [0.5, 0.6) is 0 Å². The summed E-state index contributed by atoms with van der Waals surface area (Å²) in [6, 6.07) is -1.25. The number of amides is 1. The first-order valence-corrected chi connectivity index (χ1v) is 23.5. The Hall–Kier alpha value is -2.36. The minimum atomic E-state index is -5.54. The third-order valence-corrected chi connectivity index (χ3v) is 16.4. The number of aliphatic carboxylic acids is 1. The van der Waals surface area contributed by atoms with Gasteiger partial charge in [-0.3, -0.25) is 23.4 Å². The number of carboxylic acids is 1. The smallest absolute Gasteiger partial charge is 0.481 e. The first kappa shape index (κ1) is 47.7. The van der Waals surface area contributed by atoms with Gasteiger partial charge >= 0.3 is 21.6 Å². The minimum Gasteiger partial charge on any atom is -0.481 e. The zero-order chi connectivity index (χ0) is 43.4. The van der Waals surface area contributed by atoms with Crippen molar-refractivity contribution >= 4 is 50.7 Å². The van der Waals surface area contributed by atoms with Crippen molar-refractivity contribution in [3.05, 3.63) is 23.8 Å². The Labute approximate surface area is 345 Å². The molecule has 0 saturated heterocycles. The highest BCUT2D eigenvalue weighted by Gasteiger charge is 2.79. The zero-order valence-corrected chi connectivity index (χ0v) is 35.6. The predicted octanol–water partition coefficient (Wildman–Crippen LogP) is 6.15. The fourth-order valence-corrected chi connectivity index (χ4v) is 13.5. The van der Waals surface area contributed by atoms with E-state index in [2.05, 4.69) is 21.5 Å². The van der Waals surface area contributed by atoms with Crippen LogP contribution in [0, 0.1) is 51.8 Å². The Kier molecular flexibility index (Phi) is 15.3. The molecular weight excluding hydrogens is 845 g/mol. The molecule has 5 aliphatic carbocycles. The van der Waals surface area contributed by atoms with Gasteiger partial charge in [-0.2, -0.15) is 4.31 Å². The lowest BCUT2D eigenvalue weighted by atomic mass is 9.42. The lowest BCUT2D eigenvalue weighted by Crippen LogP contribution is -2.70. The van der Waals surface area contributed by atoms with Crippen molar-refractivity contribution in [1.82, 2.24) is 5.32 Å². The van der Waals surface area contributed by atoms with Crippen LogP contribution < -0.4 is 5.32 Å². The molecule has 0 heterocycles. The predicted molar refractivity (Wildman–Crippen MR) is 206 cm³/mol. The Morgan fingerprint density at radius 3 is 2.53 bits per heavy atom. The topological polar surface area (TPSA) is 221 Å². The average molecular weight is 898 g/mol. The molecule has 0 bridgehead atoms. The molecule has 5 aliphatic rings. The standard InChI is InChI=1S/C38H52F3NO14P2S/c1-24-17-27-28-18-30(40)26-13-9-10-14-35(26,2)38(28,41)31(19-36(27,3)37(24,34(47)59-22-39)29(20-43)33(45)46)53-23-55-58(50,51)56-57(48,49)54-16-15-42-32(44)21-52-25-11-7-5-4-6-8-12-25/h10,13-14,20,24-25,27-31H,4-7,9,11,15-19,21-23H2,1-3H3,(H,42,44)(H,45,46)(H,48,49)(H,50,51)/t24-,25?,27+,28+,29?,30+,31+,35+,36+,37+,38+/m1/s1. The Bertz CT molecular complexity index is 1850. The number of carboxylic acid groups (broad SMARTS) is 1. The number of hydrogen-bond acceptors (Lipinski definition) is 12. The maximum Gasteiger partial charge on any atom is 0.483 e. The summed E-state index contributed by atoms with van der Waals surface area (Å²) < 4.78 is 99.4. The summed E-state index contributed by atoms with van der Waals surface area (Å²) in [6.45, 7) is 1.89. The van der Waals surface area contributed by atoms with E-state index in [-0.39, 0.29) is 43.2 Å². The Balaban J connectivity index is 1.31. The number of ether oxygens (including phenoxy) is 2. The van der Waals surface area contributed by atoms with E-state index in [0.717, 1.165) is 25.7 Å². The molecule has 0 aromatic heterocycles. The summed E-state index contributed by atoms with van der Waals surface area (Å²) in [5.74, 6) is -1.46. The first-order valence-electron chi connectivity index (χ1n) is 19.5. The molecule has 0 aromatic rings. The van der Waals surface area contributed by atoms with Crippen molar-refractivity contribution in [2.45, 2.75) is 103 Å². The van der Waals surface area contributed by atoms with E-state index in [1.54, 1.807) is 12.2 Å². The van der Waals surface area contributed by atoms with Gasteiger partial charge < -0.3 is 34.5 Å². The van der Waals surface area contributed by atoms with Gasteiger partial charge in [0.25, 0.3) is 0 Å². The van der Waals surface area contributed by atoms with Gasteiger partial charge in [0.05, 0.1) is 18.1 Å². The van der Waals surface area contributed by atoms with Crippen molar-refractivity contribution in [2.24, 2.45) is 39.9 Å². The van der Waals surface area contributed by atoms with Crippen LogP contribution in [0.3, 0.4) is 0 Å². The molecule has 0 spiro atoms. The molecule has 15 nitrogen and oxygen atoms in total. The number of hydrogen-bond donors (Lipinski definition) is 4. The number of thioether (sulfide) groups is 1. The van der Waals surface area contributed by atoms with Crippen molar-refractivity contribution < 1.29 is 79.2 Å². The molecule has 13 atom stereocenters. The number of carbonyl (C=O) groups is 4. The number of fused-ring (bicyclic) bond motifs is 5. The molecule has 0 aliphatic heterocycles. The zero-order valence-electron chi connectivity index (χ0n) is 33.0. The number of phosphoric acid groups is 2. The van der Waals surface area contributed by atoms with Gasteiger partial charge in [-0.25, -0.2) is 22.3 Å². The number of alkyl halides is 3. The maximum absolute atomic E-state index is 18.6. The van der Waals surface area contributed by atoms with Gasteiger partial charge in [-0.05, 0) is 74.7 Å². The maximum atomic E-state index is 18.6. The van der Waals surface area contributed by atoms with Gasteiger partial charge in [-0.1, -0.05) is 56.2 Å². The van der Waals surface area contributed by atoms with Crippen molar-refractivity contribution in [3.63, 3.8) is 0 Å². The Morgan fingerprint density at radius 2 is 1.83 bits per heavy atom. The summed E-state index contributed by atoms with van der Waals surface area (Å²) in [7, 11) is -10.9. The third kappa shape index (κ3) is 9.24. The van der Waals surface area contributed by atoms with Crippen molar-refractivity contribution in [1.29, 1.82) is 0 Å². The Morgan fingerprint density at radius 1 is 1.10 bits per heavy atom. The summed E-state index contributed by atoms with van der Waals surface area (Å²) in [5.41, 5.74) is -7.86. The van der Waals surface area contributed by atoms with Crippen LogP contribution in [-0.4, -0.2) is 94.8 Å². The number of allylic oxidation sites excluding steroid dienone is 4. The van der Waals surface area contributed by atoms with Crippen molar-refractivity contribution in [2.75, 3.05) is 32.6 Å². The number of aldehydes is 1.